The largest absolute Gasteiger partial charge is 0.478 e. The summed E-state index contributed by atoms with van der Waals surface area (Å²) in [5.41, 5.74) is 1.51. The van der Waals surface area contributed by atoms with Gasteiger partial charge in [0.05, 0.1) is 11.2 Å². The number of hydrogen-bond donors (Lipinski definition) is 2. The van der Waals surface area contributed by atoms with Gasteiger partial charge in [-0.3, -0.25) is 0 Å². The highest BCUT2D eigenvalue weighted by Gasteiger charge is 2.17. The van der Waals surface area contributed by atoms with E-state index in [1.807, 2.05) is 24.3 Å². The van der Waals surface area contributed by atoms with Gasteiger partial charge in [-0.1, -0.05) is 36.4 Å². The lowest BCUT2D eigenvalue weighted by molar-refractivity contribution is 0.0697. The maximum Gasteiger partial charge on any atom is 0.336 e. The van der Waals surface area contributed by atoms with Crippen molar-refractivity contribution in [2.75, 3.05) is 0 Å². The molecule has 98 valence electrons. The average Bonchev–Trinajstić information content (AvgIpc) is 2.38. The normalized spacial score (nSPS) is 11.3. The molecule has 0 atom stereocenters. The molecule has 2 N–H and O–H groups in total. The number of hydrogen-bond acceptors (Lipinski definition) is 2. The molecule has 0 saturated carbocycles. The van der Waals surface area contributed by atoms with Crippen LogP contribution in [0.1, 0.15) is 29.8 Å². The summed E-state index contributed by atoms with van der Waals surface area (Å²) in [4.78, 5) is 11.2. The van der Waals surface area contributed by atoms with Crippen molar-refractivity contribution in [3.63, 3.8) is 0 Å². The zero-order chi connectivity index (χ0) is 14.0. The van der Waals surface area contributed by atoms with Crippen LogP contribution < -0.4 is 0 Å². The number of carbonyl (C=O) groups is 1. The summed E-state index contributed by atoms with van der Waals surface area (Å²) >= 11 is 0. The van der Waals surface area contributed by atoms with E-state index < -0.39 is 11.6 Å². The molecular weight excluding hydrogens is 240 g/mol. The summed E-state index contributed by atoms with van der Waals surface area (Å²) in [6, 6.07) is 14.2. The molecule has 2 aromatic carbocycles. The van der Waals surface area contributed by atoms with Crippen LogP contribution in [0.5, 0.6) is 0 Å². The lowest BCUT2D eigenvalue weighted by Crippen LogP contribution is -2.15. The van der Waals surface area contributed by atoms with E-state index in [1.165, 1.54) is 0 Å². The molecule has 0 aliphatic rings. The summed E-state index contributed by atoms with van der Waals surface area (Å²) in [5, 5.41) is 19.2. The molecular formula is C16H16O3. The van der Waals surface area contributed by atoms with Crippen LogP contribution in [0, 0.1) is 0 Å². The molecule has 0 bridgehead atoms. The van der Waals surface area contributed by atoms with Crippen LogP contribution in [0.25, 0.3) is 11.1 Å². The van der Waals surface area contributed by atoms with Crippen molar-refractivity contribution in [2.45, 2.75) is 19.4 Å². The topological polar surface area (TPSA) is 57.5 Å². The second kappa shape index (κ2) is 4.86. The first-order valence-corrected chi connectivity index (χ1v) is 6.05. The summed E-state index contributed by atoms with van der Waals surface area (Å²) < 4.78 is 0. The van der Waals surface area contributed by atoms with Crippen molar-refractivity contribution in [1.29, 1.82) is 0 Å². The van der Waals surface area contributed by atoms with Gasteiger partial charge in [0.15, 0.2) is 0 Å². The van der Waals surface area contributed by atoms with E-state index in [9.17, 15) is 15.0 Å². The van der Waals surface area contributed by atoms with Gasteiger partial charge in [0.1, 0.15) is 0 Å². The predicted molar refractivity (Wildman–Crippen MR) is 74.1 cm³/mol. The zero-order valence-corrected chi connectivity index (χ0v) is 10.9. The smallest absolute Gasteiger partial charge is 0.336 e. The minimum Gasteiger partial charge on any atom is -0.478 e. The van der Waals surface area contributed by atoms with Crippen LogP contribution in [0.2, 0.25) is 0 Å². The maximum absolute atomic E-state index is 11.2. The molecule has 0 radical (unpaired) electrons. The van der Waals surface area contributed by atoms with Crippen molar-refractivity contribution in [2.24, 2.45) is 0 Å². The third-order valence-corrected chi connectivity index (χ3v) is 3.04. The van der Waals surface area contributed by atoms with Gasteiger partial charge in [0, 0.05) is 0 Å². The third kappa shape index (κ3) is 2.83. The zero-order valence-electron chi connectivity index (χ0n) is 10.9. The van der Waals surface area contributed by atoms with Gasteiger partial charge in [0.25, 0.3) is 0 Å². The standard InChI is InChI=1S/C16H16O3/c1-16(2,19)12-7-5-6-11(10-12)13-8-3-4-9-14(13)15(17)18/h3-10,19H,1-2H3,(H,17,18). The lowest BCUT2D eigenvalue weighted by atomic mass is 9.92. The Balaban J connectivity index is 2.57. The highest BCUT2D eigenvalue weighted by molar-refractivity contribution is 5.96. The Labute approximate surface area is 112 Å². The molecule has 0 saturated heterocycles. The molecule has 0 amide bonds. The third-order valence-electron chi connectivity index (χ3n) is 3.04. The summed E-state index contributed by atoms with van der Waals surface area (Å²) in [7, 11) is 0. The van der Waals surface area contributed by atoms with E-state index in [4.69, 9.17) is 0 Å². The van der Waals surface area contributed by atoms with Crippen LogP contribution in [0.3, 0.4) is 0 Å². The van der Waals surface area contributed by atoms with Gasteiger partial charge in [-0.2, -0.15) is 0 Å². The lowest BCUT2D eigenvalue weighted by Gasteiger charge is -2.19. The molecule has 2 rings (SSSR count). The van der Waals surface area contributed by atoms with Crippen molar-refractivity contribution in [3.8, 4) is 11.1 Å². The minimum atomic E-state index is -0.954. The number of rotatable bonds is 3. The molecule has 3 nitrogen and oxygen atoms in total. The van der Waals surface area contributed by atoms with Gasteiger partial charge < -0.3 is 10.2 Å². The Kier molecular flexibility index (Phi) is 3.40. The van der Waals surface area contributed by atoms with E-state index in [0.717, 1.165) is 11.1 Å². The summed E-state index contributed by atoms with van der Waals surface area (Å²) in [6.45, 7) is 3.41. The first kappa shape index (κ1) is 13.3. The average molecular weight is 256 g/mol. The van der Waals surface area contributed by atoms with Crippen molar-refractivity contribution in [1.82, 2.24) is 0 Å². The van der Waals surface area contributed by atoms with E-state index in [-0.39, 0.29) is 5.56 Å². The van der Waals surface area contributed by atoms with Gasteiger partial charge in [-0.15, -0.1) is 0 Å². The van der Waals surface area contributed by atoms with Gasteiger partial charge >= 0.3 is 5.97 Å². The Bertz CT molecular complexity index is 609. The molecule has 0 fully saturated rings. The van der Waals surface area contributed by atoms with Crippen LogP contribution in [-0.2, 0) is 5.60 Å². The second-order valence-corrected chi connectivity index (χ2v) is 4.99. The number of aromatic carboxylic acids is 1. The first-order valence-electron chi connectivity index (χ1n) is 6.05. The quantitative estimate of drug-likeness (QED) is 0.886. The number of carboxylic acids is 1. The summed E-state index contributed by atoms with van der Waals surface area (Å²) in [6.07, 6.45) is 0. The monoisotopic (exact) mass is 256 g/mol. The maximum atomic E-state index is 11.2. The van der Waals surface area contributed by atoms with Crippen LogP contribution >= 0.6 is 0 Å². The number of benzene rings is 2. The van der Waals surface area contributed by atoms with Crippen LogP contribution in [-0.4, -0.2) is 16.2 Å². The van der Waals surface area contributed by atoms with Crippen LogP contribution in [0.4, 0.5) is 0 Å². The molecule has 2 aromatic rings. The first-order chi connectivity index (χ1) is 8.89. The fourth-order valence-corrected chi connectivity index (χ4v) is 1.99. The van der Waals surface area contributed by atoms with Gasteiger partial charge in [0.2, 0.25) is 0 Å². The minimum absolute atomic E-state index is 0.260. The van der Waals surface area contributed by atoms with E-state index in [2.05, 4.69) is 0 Å². The SMILES string of the molecule is CC(C)(O)c1cccc(-c2ccccc2C(=O)O)c1. The number of aliphatic hydroxyl groups is 1. The Morgan fingerprint density at radius 3 is 2.37 bits per heavy atom. The molecule has 3 heteroatoms. The van der Waals surface area contributed by atoms with Crippen molar-refractivity contribution < 1.29 is 15.0 Å². The van der Waals surface area contributed by atoms with Gasteiger partial charge in [-0.05, 0) is 42.7 Å². The van der Waals surface area contributed by atoms with E-state index >= 15 is 0 Å². The fourth-order valence-electron chi connectivity index (χ4n) is 1.99. The van der Waals surface area contributed by atoms with E-state index in [0.29, 0.717) is 5.56 Å². The highest BCUT2D eigenvalue weighted by atomic mass is 16.4. The Hall–Kier alpha value is -2.13. The molecule has 19 heavy (non-hydrogen) atoms. The van der Waals surface area contributed by atoms with Gasteiger partial charge in [-0.25, -0.2) is 4.79 Å². The van der Waals surface area contributed by atoms with Crippen molar-refractivity contribution in [3.05, 3.63) is 59.7 Å². The molecule has 0 spiro atoms. The molecule has 0 heterocycles. The second-order valence-electron chi connectivity index (χ2n) is 4.99. The van der Waals surface area contributed by atoms with Crippen LogP contribution in [0.15, 0.2) is 48.5 Å². The Morgan fingerprint density at radius 1 is 1.05 bits per heavy atom. The Morgan fingerprint density at radius 2 is 1.74 bits per heavy atom. The molecule has 0 unspecified atom stereocenters. The fraction of sp³-hybridized carbons (Fsp3) is 0.188. The highest BCUT2D eigenvalue weighted by Crippen LogP contribution is 2.28. The van der Waals surface area contributed by atoms with Crippen molar-refractivity contribution >= 4 is 5.97 Å². The summed E-state index contributed by atoms with van der Waals surface area (Å²) in [5.74, 6) is -0.954. The molecule has 0 aliphatic carbocycles. The van der Waals surface area contributed by atoms with E-state index in [1.54, 1.807) is 38.1 Å². The predicted octanol–water partition coefficient (Wildman–Crippen LogP) is 3.28. The molecule has 0 aromatic heterocycles. The number of carboxylic acid groups (broad SMARTS) is 1. The molecule has 0 aliphatic heterocycles.